The largest absolute Gasteiger partial charge is 0.497 e. The summed E-state index contributed by atoms with van der Waals surface area (Å²) in [6.07, 6.45) is 4.12. The highest BCUT2D eigenvalue weighted by molar-refractivity contribution is 6.30. The van der Waals surface area contributed by atoms with Gasteiger partial charge in [0, 0.05) is 28.1 Å². The van der Waals surface area contributed by atoms with Crippen molar-refractivity contribution < 1.29 is 9.53 Å². The zero-order valence-corrected chi connectivity index (χ0v) is 15.9. The lowest BCUT2D eigenvalue weighted by Crippen LogP contribution is -2.41. The van der Waals surface area contributed by atoms with Gasteiger partial charge in [-0.05, 0) is 67.8 Å². The SMILES string of the molecule is COc1ccc(N=C2CCCC(NC(=O)c3ccc(Cl)cc3)/C2=C/N)cc1. The number of hydrogen-bond donors (Lipinski definition) is 2. The summed E-state index contributed by atoms with van der Waals surface area (Å²) in [4.78, 5) is 17.3. The smallest absolute Gasteiger partial charge is 0.251 e. The average molecular weight is 384 g/mol. The second-order valence-corrected chi connectivity index (χ2v) is 6.74. The highest BCUT2D eigenvalue weighted by Crippen LogP contribution is 2.26. The Hall–Kier alpha value is -2.79. The van der Waals surface area contributed by atoms with Crippen LogP contribution in [0.3, 0.4) is 0 Å². The number of methoxy groups -OCH3 is 1. The number of nitrogens with two attached hydrogens (primary N) is 1. The van der Waals surface area contributed by atoms with Gasteiger partial charge < -0.3 is 15.8 Å². The van der Waals surface area contributed by atoms with Crippen LogP contribution in [0.5, 0.6) is 5.75 Å². The Morgan fingerprint density at radius 3 is 2.56 bits per heavy atom. The minimum Gasteiger partial charge on any atom is -0.497 e. The molecule has 0 bridgehead atoms. The minimum atomic E-state index is -0.163. The van der Waals surface area contributed by atoms with Crippen molar-refractivity contribution in [1.29, 1.82) is 0 Å². The van der Waals surface area contributed by atoms with Gasteiger partial charge in [0.1, 0.15) is 5.75 Å². The third-order valence-corrected chi connectivity index (χ3v) is 4.79. The first-order valence-corrected chi connectivity index (χ1v) is 9.18. The van der Waals surface area contributed by atoms with Crippen molar-refractivity contribution in [3.8, 4) is 5.75 Å². The van der Waals surface area contributed by atoms with Gasteiger partial charge in [0.05, 0.1) is 18.8 Å². The first-order valence-electron chi connectivity index (χ1n) is 8.81. The van der Waals surface area contributed by atoms with Crippen molar-refractivity contribution >= 4 is 28.9 Å². The van der Waals surface area contributed by atoms with Crippen molar-refractivity contribution in [3.05, 3.63) is 70.9 Å². The fourth-order valence-electron chi connectivity index (χ4n) is 3.11. The summed E-state index contributed by atoms with van der Waals surface area (Å²) in [5, 5.41) is 3.66. The van der Waals surface area contributed by atoms with Gasteiger partial charge in [-0.15, -0.1) is 0 Å². The summed E-state index contributed by atoms with van der Waals surface area (Å²) < 4.78 is 5.18. The molecule has 1 saturated carbocycles. The fourth-order valence-corrected chi connectivity index (χ4v) is 3.24. The molecule has 2 aromatic rings. The van der Waals surface area contributed by atoms with Crippen LogP contribution in [0, 0.1) is 0 Å². The molecule has 1 aliphatic rings. The molecule has 0 spiro atoms. The third-order valence-electron chi connectivity index (χ3n) is 4.54. The molecular formula is C21H22ClN3O2. The molecule has 2 aromatic carbocycles. The molecular weight excluding hydrogens is 362 g/mol. The summed E-state index contributed by atoms with van der Waals surface area (Å²) >= 11 is 5.89. The summed E-state index contributed by atoms with van der Waals surface area (Å²) in [5.41, 5.74) is 9.04. The maximum absolute atomic E-state index is 12.5. The van der Waals surface area contributed by atoms with Gasteiger partial charge >= 0.3 is 0 Å². The van der Waals surface area contributed by atoms with Crippen LogP contribution in [0.1, 0.15) is 29.6 Å². The first kappa shape index (κ1) is 19.0. The number of halogens is 1. The number of nitrogens with zero attached hydrogens (tertiary/aromatic N) is 1. The van der Waals surface area contributed by atoms with Gasteiger partial charge in [-0.1, -0.05) is 11.6 Å². The van der Waals surface area contributed by atoms with E-state index in [4.69, 9.17) is 27.1 Å². The summed E-state index contributed by atoms with van der Waals surface area (Å²) in [5.74, 6) is 0.631. The highest BCUT2D eigenvalue weighted by Gasteiger charge is 2.25. The normalized spacial score (nSPS) is 19.9. The number of rotatable bonds is 4. The molecule has 1 aliphatic carbocycles. The Labute approximate surface area is 163 Å². The maximum Gasteiger partial charge on any atom is 0.251 e. The zero-order chi connectivity index (χ0) is 19.2. The number of aliphatic imine (C=N–C) groups is 1. The van der Waals surface area contributed by atoms with Crippen LogP contribution in [0.4, 0.5) is 5.69 Å². The monoisotopic (exact) mass is 383 g/mol. The molecule has 5 nitrogen and oxygen atoms in total. The van der Waals surface area contributed by atoms with Crippen LogP contribution in [0.25, 0.3) is 0 Å². The van der Waals surface area contributed by atoms with Gasteiger partial charge in [-0.2, -0.15) is 0 Å². The summed E-state index contributed by atoms with van der Waals surface area (Å²) in [6.45, 7) is 0. The van der Waals surface area contributed by atoms with Gasteiger partial charge in [-0.3, -0.25) is 9.79 Å². The number of ether oxygens (including phenoxy) is 1. The van der Waals surface area contributed by atoms with E-state index in [1.165, 1.54) is 0 Å². The van der Waals surface area contributed by atoms with Crippen molar-refractivity contribution in [2.75, 3.05) is 7.11 Å². The molecule has 0 saturated heterocycles. The van der Waals surface area contributed by atoms with Gasteiger partial charge in [0.25, 0.3) is 5.91 Å². The molecule has 3 rings (SSSR count). The Balaban J connectivity index is 1.77. The van der Waals surface area contributed by atoms with Gasteiger partial charge in [0.15, 0.2) is 0 Å². The fraction of sp³-hybridized carbons (Fsp3) is 0.238. The van der Waals surface area contributed by atoms with E-state index in [1.807, 2.05) is 24.3 Å². The van der Waals surface area contributed by atoms with Crippen molar-refractivity contribution in [1.82, 2.24) is 5.32 Å². The molecule has 140 valence electrons. The van der Waals surface area contributed by atoms with Crippen LogP contribution >= 0.6 is 11.6 Å². The van der Waals surface area contributed by atoms with E-state index in [9.17, 15) is 4.79 Å². The molecule has 3 N–H and O–H groups in total. The molecule has 27 heavy (non-hydrogen) atoms. The number of amides is 1. The minimum absolute atomic E-state index is 0.151. The van der Waals surface area contributed by atoms with Crippen LogP contribution in [-0.4, -0.2) is 24.8 Å². The predicted molar refractivity (Wildman–Crippen MR) is 109 cm³/mol. The number of carbonyl (C=O) groups excluding carboxylic acids is 1. The lowest BCUT2D eigenvalue weighted by Gasteiger charge is -2.27. The predicted octanol–water partition coefficient (Wildman–Crippen LogP) is 4.25. The van der Waals surface area contributed by atoms with E-state index in [1.54, 1.807) is 37.6 Å². The number of nitrogens with one attached hydrogen (secondary N) is 1. The molecule has 6 heteroatoms. The van der Waals surface area contributed by atoms with E-state index < -0.39 is 0 Å². The van der Waals surface area contributed by atoms with Gasteiger partial charge in [0.2, 0.25) is 0 Å². The van der Waals surface area contributed by atoms with Gasteiger partial charge in [-0.25, -0.2) is 0 Å². The molecule has 1 amide bonds. The molecule has 1 unspecified atom stereocenters. The summed E-state index contributed by atoms with van der Waals surface area (Å²) in [7, 11) is 1.63. The Bertz CT molecular complexity index is 858. The van der Waals surface area contributed by atoms with Crippen LogP contribution in [0.15, 0.2) is 65.3 Å². The third kappa shape index (κ3) is 4.68. The maximum atomic E-state index is 12.5. The molecule has 0 aromatic heterocycles. The standard InChI is InChI=1S/C21H22ClN3O2/c1-27-17-11-9-16(10-12-17)24-19-3-2-4-20(18(19)13-23)25-21(26)14-5-7-15(22)8-6-14/h5-13,20H,2-4,23H2,1H3,(H,25,26)/b18-13+,24-19?. The van der Waals surface area contributed by atoms with E-state index in [2.05, 4.69) is 5.32 Å². The van der Waals surface area contributed by atoms with Crippen molar-refractivity contribution in [3.63, 3.8) is 0 Å². The van der Waals surface area contributed by atoms with E-state index in [0.29, 0.717) is 10.6 Å². The lowest BCUT2D eigenvalue weighted by atomic mass is 9.88. The highest BCUT2D eigenvalue weighted by atomic mass is 35.5. The second-order valence-electron chi connectivity index (χ2n) is 6.30. The first-order chi connectivity index (χ1) is 13.1. The number of hydrogen-bond acceptors (Lipinski definition) is 4. The molecule has 1 atom stereocenters. The Morgan fingerprint density at radius 1 is 1.22 bits per heavy atom. The topological polar surface area (TPSA) is 76.7 Å². The van der Waals surface area contributed by atoms with E-state index in [-0.39, 0.29) is 11.9 Å². The molecule has 0 aliphatic heterocycles. The lowest BCUT2D eigenvalue weighted by molar-refractivity contribution is 0.0941. The Morgan fingerprint density at radius 2 is 1.93 bits per heavy atom. The molecule has 1 fully saturated rings. The van der Waals surface area contributed by atoms with Crippen molar-refractivity contribution in [2.24, 2.45) is 10.7 Å². The number of benzene rings is 2. The second kappa shape index (κ2) is 8.73. The van der Waals surface area contributed by atoms with Crippen LogP contribution < -0.4 is 15.8 Å². The Kier molecular flexibility index (Phi) is 6.14. The summed E-state index contributed by atoms with van der Waals surface area (Å²) in [6, 6.07) is 14.2. The zero-order valence-electron chi connectivity index (χ0n) is 15.1. The quantitative estimate of drug-likeness (QED) is 0.828. The van der Waals surface area contributed by atoms with E-state index >= 15 is 0 Å². The van der Waals surface area contributed by atoms with Crippen LogP contribution in [0.2, 0.25) is 5.02 Å². The molecule has 0 heterocycles. The number of carbonyl (C=O) groups is 1. The molecule has 0 radical (unpaired) electrons. The van der Waals surface area contributed by atoms with E-state index in [0.717, 1.165) is 42.0 Å². The van der Waals surface area contributed by atoms with Crippen molar-refractivity contribution in [2.45, 2.75) is 25.3 Å². The van der Waals surface area contributed by atoms with Crippen LogP contribution in [-0.2, 0) is 0 Å². The average Bonchev–Trinajstić information content (AvgIpc) is 2.69.